The number of rotatable bonds is 7. The molecule has 0 bridgehead atoms. The quantitative estimate of drug-likeness (QED) is 0.548. The third-order valence-corrected chi connectivity index (χ3v) is 7.33. The van der Waals surface area contributed by atoms with E-state index >= 15 is 0 Å². The van der Waals surface area contributed by atoms with E-state index in [1.165, 1.54) is 29.6 Å². The van der Waals surface area contributed by atoms with Gasteiger partial charge in [-0.2, -0.15) is 4.31 Å². The van der Waals surface area contributed by atoms with Crippen LogP contribution in [0.2, 0.25) is 0 Å². The maximum Gasteiger partial charge on any atom is 0.260 e. The Labute approximate surface area is 191 Å². The number of benzene rings is 2. The van der Waals surface area contributed by atoms with Crippen LogP contribution in [0.1, 0.15) is 10.4 Å². The molecule has 2 heterocycles. The minimum atomic E-state index is -3.74. The van der Waals surface area contributed by atoms with Crippen LogP contribution in [0.4, 0.5) is 0 Å². The van der Waals surface area contributed by atoms with Crippen molar-refractivity contribution in [2.75, 3.05) is 53.1 Å². The van der Waals surface area contributed by atoms with Crippen LogP contribution < -0.4 is 18.9 Å². The first-order chi connectivity index (χ1) is 15.9. The Balaban J connectivity index is 1.34. The van der Waals surface area contributed by atoms with Crippen molar-refractivity contribution in [2.45, 2.75) is 4.90 Å². The molecule has 0 saturated carbocycles. The zero-order chi connectivity index (χ0) is 23.4. The van der Waals surface area contributed by atoms with Crippen LogP contribution in [0, 0.1) is 0 Å². The number of amides is 1. The molecule has 176 valence electrons. The largest absolute Gasteiger partial charge is 0.497 e. The number of nitrogens with zero attached hydrogens (tertiary/aromatic N) is 2. The molecule has 2 aromatic carbocycles. The van der Waals surface area contributed by atoms with Gasteiger partial charge in [-0.3, -0.25) is 9.59 Å². The van der Waals surface area contributed by atoms with Crippen molar-refractivity contribution in [2.24, 2.45) is 0 Å². The minimum absolute atomic E-state index is 0.121. The summed E-state index contributed by atoms with van der Waals surface area (Å²) in [5, 5.41) is 0. The molecular formula is C22H24N2O8S. The van der Waals surface area contributed by atoms with Gasteiger partial charge in [0.2, 0.25) is 10.0 Å². The van der Waals surface area contributed by atoms with E-state index < -0.39 is 10.0 Å². The summed E-state index contributed by atoms with van der Waals surface area (Å²) in [5.41, 5.74) is 0.275. The normalized spacial score (nSPS) is 16.2. The summed E-state index contributed by atoms with van der Waals surface area (Å²) in [7, 11) is -2.25. The van der Waals surface area contributed by atoms with Crippen LogP contribution >= 0.6 is 0 Å². The Bertz CT molecular complexity index is 1140. The number of carbonyl (C=O) groups is 2. The second kappa shape index (κ2) is 9.67. The topological polar surface area (TPSA) is 112 Å². The number of carbonyl (C=O) groups excluding carboxylic acids is 2. The van der Waals surface area contributed by atoms with Gasteiger partial charge in [-0.25, -0.2) is 8.42 Å². The molecular weight excluding hydrogens is 452 g/mol. The van der Waals surface area contributed by atoms with Crippen LogP contribution in [-0.2, 0) is 14.8 Å². The zero-order valence-electron chi connectivity index (χ0n) is 18.1. The lowest BCUT2D eigenvalue weighted by atomic mass is 10.2. The maximum absolute atomic E-state index is 13.0. The fourth-order valence-corrected chi connectivity index (χ4v) is 5.06. The molecule has 33 heavy (non-hydrogen) atoms. The molecule has 1 fully saturated rings. The SMILES string of the molecule is COc1ccc(OCC(=O)N2CCN(S(=O)(=O)c3ccc4c(c3)OCCO4)CC2)c(C=O)c1. The van der Waals surface area contributed by atoms with Gasteiger partial charge in [0.1, 0.15) is 24.7 Å². The van der Waals surface area contributed by atoms with Gasteiger partial charge in [-0.05, 0) is 30.3 Å². The van der Waals surface area contributed by atoms with E-state index in [4.69, 9.17) is 18.9 Å². The minimum Gasteiger partial charge on any atom is -0.497 e. The first-order valence-electron chi connectivity index (χ1n) is 10.4. The van der Waals surface area contributed by atoms with Gasteiger partial charge in [0.15, 0.2) is 24.4 Å². The molecule has 2 aliphatic rings. The predicted octanol–water partition coefficient (Wildman–Crippen LogP) is 1.19. The molecule has 0 atom stereocenters. The number of hydrogen-bond acceptors (Lipinski definition) is 8. The Hall–Kier alpha value is -3.31. The van der Waals surface area contributed by atoms with E-state index in [1.54, 1.807) is 23.1 Å². The van der Waals surface area contributed by atoms with Gasteiger partial charge in [-0.15, -0.1) is 0 Å². The molecule has 4 rings (SSSR count). The van der Waals surface area contributed by atoms with E-state index in [0.29, 0.717) is 36.7 Å². The summed E-state index contributed by atoms with van der Waals surface area (Å²) in [4.78, 5) is 25.5. The number of sulfonamides is 1. The van der Waals surface area contributed by atoms with E-state index in [9.17, 15) is 18.0 Å². The van der Waals surface area contributed by atoms with Crippen LogP contribution in [-0.4, -0.2) is 82.9 Å². The lowest BCUT2D eigenvalue weighted by Gasteiger charge is -2.34. The van der Waals surface area contributed by atoms with E-state index in [2.05, 4.69) is 0 Å². The molecule has 10 nitrogen and oxygen atoms in total. The van der Waals surface area contributed by atoms with Crippen molar-refractivity contribution in [1.82, 2.24) is 9.21 Å². The van der Waals surface area contributed by atoms with Gasteiger partial charge >= 0.3 is 0 Å². The first-order valence-corrected chi connectivity index (χ1v) is 11.8. The van der Waals surface area contributed by atoms with Crippen LogP contribution in [0.5, 0.6) is 23.0 Å². The van der Waals surface area contributed by atoms with Crippen LogP contribution in [0.3, 0.4) is 0 Å². The number of ether oxygens (including phenoxy) is 4. The van der Waals surface area contributed by atoms with E-state index in [-0.39, 0.29) is 54.9 Å². The fraction of sp³-hybridized carbons (Fsp3) is 0.364. The summed E-state index contributed by atoms with van der Waals surface area (Å²) >= 11 is 0. The highest BCUT2D eigenvalue weighted by Gasteiger charge is 2.31. The molecule has 1 amide bonds. The Morgan fingerprint density at radius 1 is 1.03 bits per heavy atom. The molecule has 11 heteroatoms. The fourth-order valence-electron chi connectivity index (χ4n) is 3.62. The monoisotopic (exact) mass is 476 g/mol. The van der Waals surface area contributed by atoms with Crippen molar-refractivity contribution in [1.29, 1.82) is 0 Å². The van der Waals surface area contributed by atoms with E-state index in [1.807, 2.05) is 0 Å². The van der Waals surface area contributed by atoms with E-state index in [0.717, 1.165) is 0 Å². The van der Waals surface area contributed by atoms with Gasteiger partial charge < -0.3 is 23.8 Å². The smallest absolute Gasteiger partial charge is 0.260 e. The summed E-state index contributed by atoms with van der Waals surface area (Å²) in [6.07, 6.45) is 0.629. The molecule has 2 aliphatic heterocycles. The number of hydrogen-bond donors (Lipinski definition) is 0. The number of methoxy groups -OCH3 is 1. The van der Waals surface area contributed by atoms with Gasteiger partial charge in [0, 0.05) is 32.2 Å². The molecule has 1 saturated heterocycles. The number of piperazine rings is 1. The molecule has 2 aromatic rings. The summed E-state index contributed by atoms with van der Waals surface area (Å²) in [6, 6.07) is 9.27. The first kappa shape index (κ1) is 22.9. The second-order valence-corrected chi connectivity index (χ2v) is 9.34. The van der Waals surface area contributed by atoms with Crippen molar-refractivity contribution >= 4 is 22.2 Å². The molecule has 0 aromatic heterocycles. The Morgan fingerprint density at radius 2 is 1.76 bits per heavy atom. The highest BCUT2D eigenvalue weighted by Crippen LogP contribution is 2.33. The van der Waals surface area contributed by atoms with Gasteiger partial charge in [0.25, 0.3) is 5.91 Å². The standard InChI is InChI=1S/C22H24N2O8S/c1-29-17-2-4-19(16(12-17)14-25)32-15-22(26)23-6-8-24(9-7-23)33(27,28)18-3-5-20-21(13-18)31-11-10-30-20/h2-5,12-14H,6-11,15H2,1H3. The zero-order valence-corrected chi connectivity index (χ0v) is 18.9. The third kappa shape index (κ3) is 4.88. The Kier molecular flexibility index (Phi) is 6.70. The maximum atomic E-state index is 13.0. The summed E-state index contributed by atoms with van der Waals surface area (Å²) in [6.45, 7) is 1.31. The average molecular weight is 477 g/mol. The lowest BCUT2D eigenvalue weighted by molar-refractivity contribution is -0.134. The Morgan fingerprint density at radius 3 is 2.45 bits per heavy atom. The molecule has 0 unspecified atom stereocenters. The average Bonchev–Trinajstić information content (AvgIpc) is 2.86. The highest BCUT2D eigenvalue weighted by molar-refractivity contribution is 7.89. The second-order valence-electron chi connectivity index (χ2n) is 7.40. The molecule has 0 aliphatic carbocycles. The molecule has 0 radical (unpaired) electrons. The van der Waals surface area contributed by atoms with Gasteiger partial charge in [0.05, 0.1) is 17.6 Å². The third-order valence-electron chi connectivity index (χ3n) is 5.44. The summed E-state index contributed by atoms with van der Waals surface area (Å²) < 4.78 is 49.0. The number of fused-ring (bicyclic) bond motifs is 1. The molecule has 0 spiro atoms. The molecule has 0 N–H and O–H groups in total. The van der Waals surface area contributed by atoms with Crippen molar-refractivity contribution in [3.8, 4) is 23.0 Å². The van der Waals surface area contributed by atoms with Crippen molar-refractivity contribution in [3.63, 3.8) is 0 Å². The predicted molar refractivity (Wildman–Crippen MR) is 117 cm³/mol. The lowest BCUT2D eigenvalue weighted by Crippen LogP contribution is -2.51. The highest BCUT2D eigenvalue weighted by atomic mass is 32.2. The van der Waals surface area contributed by atoms with Crippen molar-refractivity contribution < 1.29 is 37.0 Å². The number of aldehydes is 1. The van der Waals surface area contributed by atoms with Crippen LogP contribution in [0.25, 0.3) is 0 Å². The van der Waals surface area contributed by atoms with Crippen molar-refractivity contribution in [3.05, 3.63) is 42.0 Å². The van der Waals surface area contributed by atoms with Crippen LogP contribution in [0.15, 0.2) is 41.3 Å². The summed E-state index contributed by atoms with van der Waals surface area (Å²) in [5.74, 6) is 1.41. The van der Waals surface area contributed by atoms with Gasteiger partial charge in [-0.1, -0.05) is 0 Å².